The molecule has 0 saturated heterocycles. The summed E-state index contributed by atoms with van der Waals surface area (Å²) < 4.78 is 5.60. The number of rotatable bonds is 7. The summed E-state index contributed by atoms with van der Waals surface area (Å²) in [4.78, 5) is 27.2. The normalized spacial score (nSPS) is 15.9. The zero-order valence-electron chi connectivity index (χ0n) is 17.0. The van der Waals surface area contributed by atoms with Crippen LogP contribution in [0.5, 0.6) is 0 Å². The van der Waals surface area contributed by atoms with Crippen LogP contribution in [0.1, 0.15) is 24.5 Å². The van der Waals surface area contributed by atoms with Gasteiger partial charge < -0.3 is 20.4 Å². The van der Waals surface area contributed by atoms with Gasteiger partial charge in [0.2, 0.25) is 0 Å². The largest absolute Gasteiger partial charge is 0.430 e. The molecule has 1 aromatic carbocycles. The zero-order valence-corrected chi connectivity index (χ0v) is 17.0. The lowest BCUT2D eigenvalue weighted by Crippen LogP contribution is -2.25. The predicted molar refractivity (Wildman–Crippen MR) is 116 cm³/mol. The van der Waals surface area contributed by atoms with Crippen LogP contribution < -0.4 is 10.6 Å². The number of nitrogens with zero attached hydrogens (tertiary/aromatic N) is 3. The Morgan fingerprint density at radius 3 is 2.90 bits per heavy atom. The molecule has 0 aliphatic carbocycles. The van der Waals surface area contributed by atoms with E-state index in [9.17, 15) is 4.79 Å². The molecule has 4 rings (SSSR count). The molecule has 0 radical (unpaired) electrons. The Morgan fingerprint density at radius 1 is 1.27 bits per heavy atom. The average molecular weight is 404 g/mol. The molecule has 0 saturated carbocycles. The second-order valence-electron chi connectivity index (χ2n) is 7.14. The molecule has 0 fully saturated rings. The van der Waals surface area contributed by atoms with Crippen molar-refractivity contribution in [2.45, 2.75) is 26.3 Å². The number of hydrogen-bond donors (Lipinski definition) is 3. The second kappa shape index (κ2) is 8.87. The molecule has 30 heavy (non-hydrogen) atoms. The number of H-pyrrole nitrogens is 1. The van der Waals surface area contributed by atoms with E-state index in [-0.39, 0.29) is 6.04 Å². The lowest BCUT2D eigenvalue weighted by molar-refractivity contribution is -0.125. The summed E-state index contributed by atoms with van der Waals surface area (Å²) in [6.07, 6.45) is 6.04. The number of aromatic nitrogens is 4. The van der Waals surface area contributed by atoms with E-state index in [1.165, 1.54) is 6.33 Å². The molecule has 0 spiro atoms. The van der Waals surface area contributed by atoms with E-state index in [1.54, 1.807) is 6.33 Å². The van der Waals surface area contributed by atoms with Gasteiger partial charge in [-0.15, -0.1) is 0 Å². The van der Waals surface area contributed by atoms with E-state index in [0.29, 0.717) is 29.2 Å². The van der Waals surface area contributed by atoms with Gasteiger partial charge in [-0.05, 0) is 43.5 Å². The number of fused-ring (bicyclic) bond motifs is 1. The summed E-state index contributed by atoms with van der Waals surface area (Å²) in [5.41, 5.74) is 5.53. The monoisotopic (exact) mass is 404 g/mol. The number of imidazole rings is 1. The van der Waals surface area contributed by atoms with Gasteiger partial charge in [-0.3, -0.25) is 4.79 Å². The number of carbonyl (C=O) groups excluding carboxylic acids is 1. The lowest BCUT2D eigenvalue weighted by Gasteiger charge is -2.25. The minimum atomic E-state index is -0.331. The highest BCUT2D eigenvalue weighted by molar-refractivity contribution is 5.85. The highest BCUT2D eigenvalue weighted by Crippen LogP contribution is 2.34. The van der Waals surface area contributed by atoms with E-state index in [0.717, 1.165) is 41.8 Å². The molecular weight excluding hydrogens is 380 g/mol. The smallest absolute Gasteiger partial charge is 0.298 e. The molecule has 1 atom stereocenters. The summed E-state index contributed by atoms with van der Waals surface area (Å²) in [7, 11) is 0. The van der Waals surface area contributed by atoms with Crippen LogP contribution in [0.3, 0.4) is 0 Å². The van der Waals surface area contributed by atoms with Gasteiger partial charge in [0, 0.05) is 12.1 Å². The minimum absolute atomic E-state index is 0.331. The quantitative estimate of drug-likeness (QED) is 0.411. The van der Waals surface area contributed by atoms with Crippen LogP contribution >= 0.6 is 0 Å². The first kappa shape index (κ1) is 19.8. The molecule has 1 aliphatic heterocycles. The summed E-state index contributed by atoms with van der Waals surface area (Å²) in [6, 6.07) is 7.80. The van der Waals surface area contributed by atoms with Crippen LogP contribution in [0.2, 0.25) is 0 Å². The molecule has 1 unspecified atom stereocenters. The Bertz CT molecular complexity index is 1120. The first-order valence-corrected chi connectivity index (χ1v) is 9.90. The van der Waals surface area contributed by atoms with Crippen molar-refractivity contribution in [2.24, 2.45) is 0 Å². The SMILES string of the molecule is Cc1ccccc1/C(C1=CCNCC1)=C(\OC=O)C(C)Nc1ncnc2nc[nH]c12. The van der Waals surface area contributed by atoms with Crippen molar-refractivity contribution in [2.75, 3.05) is 18.4 Å². The third-order valence-corrected chi connectivity index (χ3v) is 5.19. The first-order valence-electron chi connectivity index (χ1n) is 9.90. The lowest BCUT2D eigenvalue weighted by atomic mass is 9.88. The van der Waals surface area contributed by atoms with Crippen molar-refractivity contribution >= 4 is 29.0 Å². The van der Waals surface area contributed by atoms with Gasteiger partial charge in [0.1, 0.15) is 17.6 Å². The van der Waals surface area contributed by atoms with Crippen LogP contribution in [0.25, 0.3) is 16.7 Å². The molecule has 0 amide bonds. The molecule has 1 aliphatic rings. The number of carbonyl (C=O) groups is 1. The fourth-order valence-electron chi connectivity index (χ4n) is 3.74. The minimum Gasteiger partial charge on any atom is -0.430 e. The average Bonchev–Trinajstić information content (AvgIpc) is 3.25. The van der Waals surface area contributed by atoms with Crippen LogP contribution in [-0.4, -0.2) is 45.5 Å². The standard InChI is InChI=1S/C22H24N6O2/c1-14-5-3-4-6-17(14)18(16-7-9-23-10-8-16)20(30-13-29)15(2)28-22-19-21(25-11-24-19)26-12-27-22/h3-7,11-13,15,23H,8-10H2,1-2H3,(H2,24,25,26,27,28)/b20-18-. The molecule has 0 bridgehead atoms. The fourth-order valence-corrected chi connectivity index (χ4v) is 3.74. The van der Waals surface area contributed by atoms with Crippen molar-refractivity contribution in [1.29, 1.82) is 0 Å². The summed E-state index contributed by atoms with van der Waals surface area (Å²) in [5, 5.41) is 6.70. The Balaban J connectivity index is 1.82. The van der Waals surface area contributed by atoms with Gasteiger partial charge in [0.15, 0.2) is 11.5 Å². The number of aromatic amines is 1. The fraction of sp³-hybridized carbons (Fsp3) is 0.273. The number of ether oxygens (including phenoxy) is 1. The van der Waals surface area contributed by atoms with E-state index in [1.807, 2.05) is 19.1 Å². The summed E-state index contributed by atoms with van der Waals surface area (Å²) in [5.74, 6) is 1.15. The van der Waals surface area contributed by atoms with Gasteiger partial charge in [0.05, 0.1) is 12.4 Å². The number of anilines is 1. The topological polar surface area (TPSA) is 105 Å². The molecule has 154 valence electrons. The van der Waals surface area contributed by atoms with Gasteiger partial charge in [-0.1, -0.05) is 30.3 Å². The number of allylic oxidation sites excluding steroid dienone is 1. The number of benzene rings is 1. The molecule has 8 heteroatoms. The Morgan fingerprint density at radius 2 is 2.13 bits per heavy atom. The molecule has 3 aromatic rings. The van der Waals surface area contributed by atoms with Crippen LogP contribution in [0, 0.1) is 6.92 Å². The van der Waals surface area contributed by atoms with Crippen LogP contribution in [0.4, 0.5) is 5.82 Å². The highest BCUT2D eigenvalue weighted by Gasteiger charge is 2.24. The third kappa shape index (κ3) is 3.95. The van der Waals surface area contributed by atoms with Crippen molar-refractivity contribution in [3.63, 3.8) is 0 Å². The predicted octanol–water partition coefficient (Wildman–Crippen LogP) is 2.97. The van der Waals surface area contributed by atoms with Crippen molar-refractivity contribution in [3.05, 3.63) is 65.5 Å². The Kier molecular flexibility index (Phi) is 5.85. The van der Waals surface area contributed by atoms with Crippen molar-refractivity contribution in [1.82, 2.24) is 25.3 Å². The highest BCUT2D eigenvalue weighted by atomic mass is 16.5. The summed E-state index contributed by atoms with van der Waals surface area (Å²) in [6.45, 7) is 6.15. The van der Waals surface area contributed by atoms with Gasteiger partial charge in [-0.2, -0.15) is 0 Å². The maximum absolute atomic E-state index is 11.5. The van der Waals surface area contributed by atoms with Gasteiger partial charge in [0.25, 0.3) is 6.47 Å². The number of hydrogen-bond acceptors (Lipinski definition) is 7. The second-order valence-corrected chi connectivity index (χ2v) is 7.14. The van der Waals surface area contributed by atoms with E-state index in [2.05, 4.69) is 55.7 Å². The van der Waals surface area contributed by atoms with Crippen LogP contribution in [0.15, 0.2) is 54.3 Å². The first-order chi connectivity index (χ1) is 14.7. The molecule has 3 N–H and O–H groups in total. The van der Waals surface area contributed by atoms with Crippen molar-refractivity contribution in [3.8, 4) is 0 Å². The Labute approximate surface area is 174 Å². The zero-order chi connectivity index (χ0) is 20.9. The van der Waals surface area contributed by atoms with E-state index >= 15 is 0 Å². The summed E-state index contributed by atoms with van der Waals surface area (Å²) >= 11 is 0. The van der Waals surface area contributed by atoms with E-state index in [4.69, 9.17) is 4.74 Å². The van der Waals surface area contributed by atoms with Gasteiger partial charge >= 0.3 is 0 Å². The molecular formula is C22H24N6O2. The Hall–Kier alpha value is -3.52. The molecule has 2 aromatic heterocycles. The number of aryl methyl sites for hydroxylation is 1. The third-order valence-electron chi connectivity index (χ3n) is 5.19. The maximum Gasteiger partial charge on any atom is 0.298 e. The molecule has 3 heterocycles. The number of nitrogens with one attached hydrogen (secondary N) is 3. The van der Waals surface area contributed by atoms with Crippen LogP contribution in [-0.2, 0) is 9.53 Å². The van der Waals surface area contributed by atoms with Crippen molar-refractivity contribution < 1.29 is 9.53 Å². The molecule has 8 nitrogen and oxygen atoms in total. The van der Waals surface area contributed by atoms with Gasteiger partial charge in [-0.25, -0.2) is 15.0 Å². The van der Waals surface area contributed by atoms with E-state index < -0.39 is 0 Å². The maximum atomic E-state index is 11.5.